The molecule has 0 aliphatic carbocycles. The summed E-state index contributed by atoms with van der Waals surface area (Å²) in [7, 11) is 2.26. The number of carbonyl (C=O) groups excluding carboxylic acids is 1. The van der Waals surface area contributed by atoms with Crippen LogP contribution < -0.4 is 14.4 Å². The average Bonchev–Trinajstić information content (AvgIpc) is 3.11. The first-order valence-corrected chi connectivity index (χ1v) is 11.2. The normalized spacial score (nSPS) is 14.6. The van der Waals surface area contributed by atoms with Crippen LogP contribution in [0.2, 0.25) is 0 Å². The molecular weight excluding hydrogens is 390 g/mol. The summed E-state index contributed by atoms with van der Waals surface area (Å²) in [6.45, 7) is 0.851. The van der Waals surface area contributed by atoms with Gasteiger partial charge in [-0.1, -0.05) is 12.1 Å². The molecule has 1 aliphatic heterocycles. The molecule has 1 atom stereocenters. The van der Waals surface area contributed by atoms with E-state index in [1.165, 1.54) is 10.6 Å². The summed E-state index contributed by atoms with van der Waals surface area (Å²) in [6.07, 6.45) is 1.80. The number of hydrogen-bond acceptors (Lipinski definition) is 5. The Hall–Kier alpha value is -2.58. The van der Waals surface area contributed by atoms with Crippen molar-refractivity contribution in [1.29, 1.82) is 0 Å². The lowest BCUT2D eigenvalue weighted by Gasteiger charge is -2.25. The van der Waals surface area contributed by atoms with E-state index in [2.05, 4.69) is 5.32 Å². The van der Waals surface area contributed by atoms with Crippen LogP contribution in [0.5, 0.6) is 5.75 Å². The van der Waals surface area contributed by atoms with E-state index >= 15 is 0 Å². The summed E-state index contributed by atoms with van der Waals surface area (Å²) in [6, 6.07) is 13.0. The molecular formula is C21H27N3O4S. The van der Waals surface area contributed by atoms with Crippen molar-refractivity contribution < 1.29 is 17.9 Å². The van der Waals surface area contributed by atoms with Crippen molar-refractivity contribution in [2.24, 2.45) is 0 Å². The zero-order valence-corrected chi connectivity index (χ0v) is 18.0. The molecule has 8 heteroatoms. The average molecular weight is 418 g/mol. The van der Waals surface area contributed by atoms with Crippen LogP contribution >= 0.6 is 0 Å². The fourth-order valence-electron chi connectivity index (χ4n) is 3.60. The summed E-state index contributed by atoms with van der Waals surface area (Å²) in [5.41, 5.74) is 3.11. The van der Waals surface area contributed by atoms with E-state index in [-0.39, 0.29) is 11.9 Å². The van der Waals surface area contributed by atoms with Crippen molar-refractivity contribution in [3.05, 3.63) is 59.2 Å². The molecule has 0 spiro atoms. The zero-order valence-electron chi connectivity index (χ0n) is 17.2. The van der Waals surface area contributed by atoms with Gasteiger partial charge < -0.3 is 15.0 Å². The Morgan fingerprint density at radius 1 is 1.24 bits per heavy atom. The van der Waals surface area contributed by atoms with Crippen LogP contribution in [0, 0.1) is 0 Å². The number of likely N-dealkylation sites (N-methyl/N-ethyl adjacent to an activating group) is 1. The molecule has 0 bridgehead atoms. The van der Waals surface area contributed by atoms with Gasteiger partial charge in [0.05, 0.1) is 25.1 Å². The maximum atomic E-state index is 12.7. The molecule has 0 aromatic heterocycles. The van der Waals surface area contributed by atoms with Gasteiger partial charge in [-0.05, 0) is 62.0 Å². The molecule has 156 valence electrons. The summed E-state index contributed by atoms with van der Waals surface area (Å²) >= 11 is 0. The third-order valence-electron chi connectivity index (χ3n) is 5.15. The number of anilines is 1. The van der Waals surface area contributed by atoms with Crippen LogP contribution in [-0.2, 0) is 16.4 Å². The van der Waals surface area contributed by atoms with Crippen molar-refractivity contribution in [3.63, 3.8) is 0 Å². The number of methoxy groups -OCH3 is 1. The van der Waals surface area contributed by atoms with Gasteiger partial charge in [0.1, 0.15) is 5.75 Å². The summed E-state index contributed by atoms with van der Waals surface area (Å²) in [5, 5.41) is 3.00. The molecule has 3 rings (SSSR count). The molecule has 2 aromatic rings. The van der Waals surface area contributed by atoms with Crippen LogP contribution in [0.1, 0.15) is 27.5 Å². The van der Waals surface area contributed by atoms with E-state index in [9.17, 15) is 13.2 Å². The van der Waals surface area contributed by atoms with Crippen LogP contribution in [0.15, 0.2) is 42.5 Å². The Labute approximate surface area is 172 Å². The van der Waals surface area contributed by atoms with Crippen molar-refractivity contribution in [2.75, 3.05) is 44.9 Å². The van der Waals surface area contributed by atoms with Gasteiger partial charge in [-0.15, -0.1) is 0 Å². The highest BCUT2D eigenvalue weighted by atomic mass is 32.2. The lowest BCUT2D eigenvalue weighted by Crippen LogP contribution is -2.34. The summed E-state index contributed by atoms with van der Waals surface area (Å²) < 4.78 is 30.4. The highest BCUT2D eigenvalue weighted by Gasteiger charge is 2.27. The highest BCUT2D eigenvalue weighted by molar-refractivity contribution is 7.92. The monoisotopic (exact) mass is 417 g/mol. The number of rotatable bonds is 7. The van der Waals surface area contributed by atoms with Crippen LogP contribution in [0.3, 0.4) is 0 Å². The topological polar surface area (TPSA) is 79.0 Å². The number of sulfonamides is 1. The summed E-state index contributed by atoms with van der Waals surface area (Å²) in [5.74, 6) is 0.593. The fourth-order valence-corrected chi connectivity index (χ4v) is 4.55. The largest absolute Gasteiger partial charge is 0.497 e. The van der Waals surface area contributed by atoms with Gasteiger partial charge in [0.15, 0.2) is 0 Å². The molecule has 1 amide bonds. The molecule has 0 fully saturated rings. The van der Waals surface area contributed by atoms with Gasteiger partial charge in [0.2, 0.25) is 10.0 Å². The van der Waals surface area contributed by atoms with E-state index < -0.39 is 10.0 Å². The number of hydrogen-bond donors (Lipinski definition) is 1. The number of amides is 1. The number of ether oxygens (including phenoxy) is 1. The van der Waals surface area contributed by atoms with E-state index in [1.807, 2.05) is 43.3 Å². The molecule has 0 saturated carbocycles. The molecule has 2 aromatic carbocycles. The van der Waals surface area contributed by atoms with Gasteiger partial charge in [-0.3, -0.25) is 9.10 Å². The molecule has 1 N–H and O–H groups in total. The van der Waals surface area contributed by atoms with E-state index in [1.54, 1.807) is 25.3 Å². The van der Waals surface area contributed by atoms with Crippen molar-refractivity contribution in [1.82, 2.24) is 10.2 Å². The second kappa shape index (κ2) is 8.42. The van der Waals surface area contributed by atoms with E-state index in [4.69, 9.17) is 4.74 Å². The maximum Gasteiger partial charge on any atom is 0.251 e. The Balaban J connectivity index is 1.73. The third kappa shape index (κ3) is 4.71. The van der Waals surface area contributed by atoms with Gasteiger partial charge in [0.25, 0.3) is 5.91 Å². The quantitative estimate of drug-likeness (QED) is 0.746. The van der Waals surface area contributed by atoms with E-state index in [0.717, 1.165) is 16.9 Å². The number of benzene rings is 2. The number of nitrogens with one attached hydrogen (secondary N) is 1. The van der Waals surface area contributed by atoms with Crippen molar-refractivity contribution in [3.8, 4) is 5.75 Å². The SMILES string of the molecule is COc1cccc(C(CNC(=O)c2ccc3c(c2)CCN3S(C)(=O)=O)N(C)C)c1. The predicted molar refractivity (Wildman–Crippen MR) is 114 cm³/mol. The molecule has 0 saturated heterocycles. The first-order chi connectivity index (χ1) is 13.7. The van der Waals surface area contributed by atoms with Gasteiger partial charge >= 0.3 is 0 Å². The first kappa shape index (κ1) is 21.1. The zero-order chi connectivity index (χ0) is 21.2. The van der Waals surface area contributed by atoms with E-state index in [0.29, 0.717) is 30.8 Å². The maximum absolute atomic E-state index is 12.7. The van der Waals surface area contributed by atoms with Gasteiger partial charge in [-0.2, -0.15) is 0 Å². The Morgan fingerprint density at radius 2 is 2.00 bits per heavy atom. The molecule has 1 aliphatic rings. The van der Waals surface area contributed by atoms with Crippen LogP contribution in [-0.4, -0.2) is 59.8 Å². The van der Waals surface area contributed by atoms with Crippen LogP contribution in [0.25, 0.3) is 0 Å². The Kier molecular flexibility index (Phi) is 6.14. The lowest BCUT2D eigenvalue weighted by molar-refractivity contribution is 0.0942. The minimum Gasteiger partial charge on any atom is -0.497 e. The number of nitrogens with zero attached hydrogens (tertiary/aromatic N) is 2. The van der Waals surface area contributed by atoms with Gasteiger partial charge in [0, 0.05) is 18.7 Å². The summed E-state index contributed by atoms with van der Waals surface area (Å²) in [4.78, 5) is 14.8. The predicted octanol–water partition coefficient (Wildman–Crippen LogP) is 2.05. The number of fused-ring (bicyclic) bond motifs is 1. The Morgan fingerprint density at radius 3 is 2.66 bits per heavy atom. The third-order valence-corrected chi connectivity index (χ3v) is 6.33. The fraction of sp³-hybridized carbons (Fsp3) is 0.381. The van der Waals surface area contributed by atoms with Crippen molar-refractivity contribution >= 4 is 21.6 Å². The lowest BCUT2D eigenvalue weighted by atomic mass is 10.0. The molecule has 1 unspecified atom stereocenters. The van der Waals surface area contributed by atoms with Crippen molar-refractivity contribution in [2.45, 2.75) is 12.5 Å². The molecule has 29 heavy (non-hydrogen) atoms. The smallest absolute Gasteiger partial charge is 0.251 e. The second-order valence-corrected chi connectivity index (χ2v) is 9.30. The minimum absolute atomic E-state index is 0.01000. The molecule has 1 heterocycles. The van der Waals surface area contributed by atoms with Crippen LogP contribution in [0.4, 0.5) is 5.69 Å². The van der Waals surface area contributed by atoms with Gasteiger partial charge in [-0.25, -0.2) is 8.42 Å². The standard InChI is InChI=1S/C21H27N3O4S/c1-23(2)20(15-6-5-7-18(13-15)28-3)14-22-21(25)17-8-9-19-16(12-17)10-11-24(19)29(4,26)27/h5-9,12-13,20H,10-11,14H2,1-4H3,(H,22,25). The highest BCUT2D eigenvalue weighted by Crippen LogP contribution is 2.30. The first-order valence-electron chi connectivity index (χ1n) is 9.40. The number of carbonyl (C=O) groups is 1. The minimum atomic E-state index is -3.30. The molecule has 0 radical (unpaired) electrons. The Bertz CT molecular complexity index is 1000. The molecule has 7 nitrogen and oxygen atoms in total. The second-order valence-electron chi connectivity index (χ2n) is 7.39.